The molecule has 164 valence electrons. The van der Waals surface area contributed by atoms with Crippen LogP contribution < -0.4 is 10.1 Å². The number of ether oxygens (including phenoxy) is 2. The number of para-hydroxylation sites is 1. The molecule has 1 N–H and O–H groups in total. The highest BCUT2D eigenvalue weighted by atomic mass is 16.6. The molecule has 7 heteroatoms. The van der Waals surface area contributed by atoms with Gasteiger partial charge < -0.3 is 14.8 Å². The number of benzene rings is 2. The van der Waals surface area contributed by atoms with Crippen molar-refractivity contribution in [3.05, 3.63) is 65.9 Å². The molecule has 3 aromatic rings. The average Bonchev–Trinajstić information content (AvgIpc) is 3.26. The predicted octanol–water partition coefficient (Wildman–Crippen LogP) is 3.96. The second-order valence-corrected chi connectivity index (χ2v) is 7.70. The van der Waals surface area contributed by atoms with E-state index in [-0.39, 0.29) is 12.6 Å². The normalized spacial score (nSPS) is 15.5. The van der Waals surface area contributed by atoms with Gasteiger partial charge in [0.25, 0.3) is 0 Å². The minimum atomic E-state index is -0.529. The van der Waals surface area contributed by atoms with Gasteiger partial charge >= 0.3 is 6.09 Å². The second kappa shape index (κ2) is 10.6. The number of amides is 1. The SMILES string of the molecule is Cc1cc(C#CCNC(=O)Oc2ccccc2)ccc1-c1cn(CC2CCCCO2)nn1. The van der Waals surface area contributed by atoms with Crippen LogP contribution in [0.2, 0.25) is 0 Å². The first-order chi connectivity index (χ1) is 15.7. The summed E-state index contributed by atoms with van der Waals surface area (Å²) in [6.45, 7) is 3.79. The monoisotopic (exact) mass is 430 g/mol. The van der Waals surface area contributed by atoms with Gasteiger partial charge in [-0.2, -0.15) is 0 Å². The summed E-state index contributed by atoms with van der Waals surface area (Å²) in [5, 5.41) is 11.2. The summed E-state index contributed by atoms with van der Waals surface area (Å²) < 4.78 is 12.8. The molecule has 1 aliphatic rings. The van der Waals surface area contributed by atoms with E-state index in [2.05, 4.69) is 27.5 Å². The van der Waals surface area contributed by atoms with Gasteiger partial charge in [0.15, 0.2) is 0 Å². The number of carbonyl (C=O) groups excluding carboxylic acids is 1. The fourth-order valence-electron chi connectivity index (χ4n) is 3.59. The summed E-state index contributed by atoms with van der Waals surface area (Å²) in [6, 6.07) is 14.9. The van der Waals surface area contributed by atoms with Gasteiger partial charge in [0.1, 0.15) is 11.4 Å². The van der Waals surface area contributed by atoms with E-state index in [1.807, 2.05) is 42.1 Å². The number of nitrogens with one attached hydrogen (secondary N) is 1. The molecule has 0 bridgehead atoms. The minimum Gasteiger partial charge on any atom is -0.410 e. The number of nitrogens with zero attached hydrogens (tertiary/aromatic N) is 3. The van der Waals surface area contributed by atoms with Gasteiger partial charge in [0.2, 0.25) is 0 Å². The van der Waals surface area contributed by atoms with Crippen LogP contribution >= 0.6 is 0 Å². The maximum absolute atomic E-state index is 11.8. The molecule has 1 aliphatic heterocycles. The maximum atomic E-state index is 11.8. The summed E-state index contributed by atoms with van der Waals surface area (Å²) in [5.41, 5.74) is 3.79. The zero-order valence-corrected chi connectivity index (χ0v) is 18.1. The van der Waals surface area contributed by atoms with Crippen molar-refractivity contribution in [3.8, 4) is 28.8 Å². The molecule has 1 unspecified atom stereocenters. The number of hydrogen-bond donors (Lipinski definition) is 1. The molecule has 2 heterocycles. The van der Waals surface area contributed by atoms with Crippen molar-refractivity contribution in [2.45, 2.75) is 38.8 Å². The highest BCUT2D eigenvalue weighted by Crippen LogP contribution is 2.22. The highest BCUT2D eigenvalue weighted by molar-refractivity contribution is 5.70. The predicted molar refractivity (Wildman–Crippen MR) is 121 cm³/mol. The van der Waals surface area contributed by atoms with Crippen LogP contribution in [0, 0.1) is 18.8 Å². The van der Waals surface area contributed by atoms with Crippen LogP contribution in [0.5, 0.6) is 5.75 Å². The number of carbonyl (C=O) groups is 1. The van der Waals surface area contributed by atoms with Gasteiger partial charge in [0, 0.05) is 17.7 Å². The molecule has 1 atom stereocenters. The van der Waals surface area contributed by atoms with E-state index in [1.165, 1.54) is 6.42 Å². The Balaban J connectivity index is 1.31. The van der Waals surface area contributed by atoms with Crippen LogP contribution in [0.3, 0.4) is 0 Å². The third kappa shape index (κ3) is 5.96. The van der Waals surface area contributed by atoms with Crippen LogP contribution in [0.25, 0.3) is 11.3 Å². The van der Waals surface area contributed by atoms with Gasteiger partial charge in [0.05, 0.1) is 25.4 Å². The molecule has 32 heavy (non-hydrogen) atoms. The number of aryl methyl sites for hydroxylation is 1. The number of hydrogen-bond acceptors (Lipinski definition) is 5. The van der Waals surface area contributed by atoms with Gasteiger partial charge in [-0.25, -0.2) is 9.48 Å². The zero-order valence-electron chi connectivity index (χ0n) is 18.1. The first kappa shape index (κ1) is 21.6. The van der Waals surface area contributed by atoms with Crippen molar-refractivity contribution in [2.75, 3.05) is 13.2 Å². The third-order valence-corrected chi connectivity index (χ3v) is 5.21. The Kier molecular flexibility index (Phi) is 7.15. The summed E-state index contributed by atoms with van der Waals surface area (Å²) >= 11 is 0. The van der Waals surface area contributed by atoms with Crippen LogP contribution in [0.1, 0.15) is 30.4 Å². The molecular formula is C25H26N4O3. The number of aromatic nitrogens is 3. The molecule has 1 saturated heterocycles. The largest absolute Gasteiger partial charge is 0.413 e. The Bertz CT molecular complexity index is 1110. The summed E-state index contributed by atoms with van der Waals surface area (Å²) in [7, 11) is 0. The van der Waals surface area contributed by atoms with E-state index >= 15 is 0 Å². The van der Waals surface area contributed by atoms with E-state index in [4.69, 9.17) is 9.47 Å². The van der Waals surface area contributed by atoms with E-state index in [1.54, 1.807) is 24.3 Å². The molecular weight excluding hydrogens is 404 g/mol. The molecule has 0 saturated carbocycles. The topological polar surface area (TPSA) is 78.3 Å². The quantitative estimate of drug-likeness (QED) is 0.620. The smallest absolute Gasteiger partial charge is 0.410 e. The fourth-order valence-corrected chi connectivity index (χ4v) is 3.59. The minimum absolute atomic E-state index is 0.198. The van der Waals surface area contributed by atoms with Crippen molar-refractivity contribution in [1.82, 2.24) is 20.3 Å². The molecule has 0 aliphatic carbocycles. The highest BCUT2D eigenvalue weighted by Gasteiger charge is 2.16. The molecule has 2 aromatic carbocycles. The summed E-state index contributed by atoms with van der Waals surface area (Å²) in [4.78, 5) is 11.8. The van der Waals surface area contributed by atoms with Crippen LogP contribution in [-0.4, -0.2) is 40.3 Å². The maximum Gasteiger partial charge on any atom is 0.413 e. The fraction of sp³-hybridized carbons (Fsp3) is 0.320. The first-order valence-corrected chi connectivity index (χ1v) is 10.8. The lowest BCUT2D eigenvalue weighted by molar-refractivity contribution is 0.00370. The van der Waals surface area contributed by atoms with Crippen molar-refractivity contribution in [1.29, 1.82) is 0 Å². The van der Waals surface area contributed by atoms with Crippen molar-refractivity contribution in [2.24, 2.45) is 0 Å². The molecule has 7 nitrogen and oxygen atoms in total. The van der Waals surface area contributed by atoms with Crippen LogP contribution in [0.15, 0.2) is 54.7 Å². The van der Waals surface area contributed by atoms with Crippen molar-refractivity contribution in [3.63, 3.8) is 0 Å². The van der Waals surface area contributed by atoms with Crippen molar-refractivity contribution >= 4 is 6.09 Å². The van der Waals surface area contributed by atoms with E-state index in [0.717, 1.165) is 48.4 Å². The average molecular weight is 431 g/mol. The molecule has 1 aromatic heterocycles. The van der Waals surface area contributed by atoms with Gasteiger partial charge in [-0.05, 0) is 56.0 Å². The molecule has 1 fully saturated rings. The van der Waals surface area contributed by atoms with E-state index in [0.29, 0.717) is 5.75 Å². The Hall–Kier alpha value is -3.63. The van der Waals surface area contributed by atoms with Gasteiger partial charge in [-0.1, -0.05) is 41.3 Å². The lowest BCUT2D eigenvalue weighted by Gasteiger charge is -2.21. The molecule has 4 rings (SSSR count). The third-order valence-electron chi connectivity index (χ3n) is 5.21. The van der Waals surface area contributed by atoms with Gasteiger partial charge in [-0.15, -0.1) is 5.10 Å². The molecule has 0 radical (unpaired) electrons. The van der Waals surface area contributed by atoms with E-state index in [9.17, 15) is 4.79 Å². The van der Waals surface area contributed by atoms with Crippen LogP contribution in [-0.2, 0) is 11.3 Å². The Labute approximate surface area is 187 Å². The standard InChI is InChI=1S/C25H26N4O3/c1-19-16-20(8-7-14-26-25(30)32-21-9-3-2-4-10-21)12-13-23(19)24-18-29(28-27-24)17-22-11-5-6-15-31-22/h2-4,9-10,12-13,16,18,22H,5-6,11,14-15,17H2,1H3,(H,26,30). The second-order valence-electron chi connectivity index (χ2n) is 7.70. The Morgan fingerprint density at radius 1 is 1.25 bits per heavy atom. The number of rotatable bonds is 5. The van der Waals surface area contributed by atoms with Crippen LogP contribution in [0.4, 0.5) is 4.79 Å². The Morgan fingerprint density at radius 3 is 2.91 bits per heavy atom. The lowest BCUT2D eigenvalue weighted by atomic mass is 10.0. The first-order valence-electron chi connectivity index (χ1n) is 10.8. The van der Waals surface area contributed by atoms with E-state index < -0.39 is 6.09 Å². The summed E-state index contributed by atoms with van der Waals surface area (Å²) in [6.07, 6.45) is 5.07. The van der Waals surface area contributed by atoms with Crippen molar-refractivity contribution < 1.29 is 14.3 Å². The summed E-state index contributed by atoms with van der Waals surface area (Å²) in [5.74, 6) is 6.50. The van der Waals surface area contributed by atoms with Gasteiger partial charge in [-0.3, -0.25) is 0 Å². The Morgan fingerprint density at radius 2 is 2.12 bits per heavy atom. The zero-order chi connectivity index (χ0) is 22.2. The molecule has 1 amide bonds. The molecule has 0 spiro atoms. The lowest BCUT2D eigenvalue weighted by Crippen LogP contribution is -2.26.